The maximum absolute atomic E-state index is 9.58. The Balaban J connectivity index is 0.000000276. The van der Waals surface area contributed by atoms with Crippen LogP contribution in [0.2, 0.25) is 0 Å². The fraction of sp³-hybridized carbons (Fsp3) is 0.125. The molecule has 7 aromatic rings. The van der Waals surface area contributed by atoms with Gasteiger partial charge in [0.05, 0.1) is 0 Å². The molecule has 0 atom stereocenters. The molecule has 49 heavy (non-hydrogen) atoms. The highest BCUT2D eigenvalue weighted by molar-refractivity contribution is 5.81. The van der Waals surface area contributed by atoms with E-state index in [9.17, 15) is 5.11 Å². The SMILES string of the molecule is Cc1cc(-c2ccc(O)cc2)ccc1-c1ccc(-c2ccc(C)c(-c3ccccc3C)c2)cc1C.Cc1ccccc1.Cc1ccccc1. The van der Waals surface area contributed by atoms with Crippen LogP contribution in [0.25, 0.3) is 44.5 Å². The molecule has 0 heterocycles. The minimum atomic E-state index is 0.289. The number of benzene rings is 7. The number of hydrogen-bond acceptors (Lipinski definition) is 1. The highest BCUT2D eigenvalue weighted by Crippen LogP contribution is 2.35. The Morgan fingerprint density at radius 1 is 0.286 bits per heavy atom. The van der Waals surface area contributed by atoms with Gasteiger partial charge in [0, 0.05) is 0 Å². The highest BCUT2D eigenvalue weighted by atomic mass is 16.3. The highest BCUT2D eigenvalue weighted by Gasteiger charge is 2.11. The third kappa shape index (κ3) is 9.24. The largest absolute Gasteiger partial charge is 0.508 e. The van der Waals surface area contributed by atoms with Crippen molar-refractivity contribution in [3.8, 4) is 50.3 Å². The van der Waals surface area contributed by atoms with E-state index >= 15 is 0 Å². The maximum Gasteiger partial charge on any atom is 0.115 e. The molecule has 244 valence electrons. The minimum Gasteiger partial charge on any atom is -0.508 e. The summed E-state index contributed by atoms with van der Waals surface area (Å²) in [6, 6.07) is 56.7. The maximum atomic E-state index is 9.58. The lowest BCUT2D eigenvalue weighted by Crippen LogP contribution is -1.91. The van der Waals surface area contributed by atoms with Crippen molar-refractivity contribution in [1.29, 1.82) is 0 Å². The minimum absolute atomic E-state index is 0.289. The molecule has 7 aromatic carbocycles. The predicted octanol–water partition coefficient (Wildman–Crippen LogP) is 13.3. The first-order valence-electron chi connectivity index (χ1n) is 16.9. The normalized spacial score (nSPS) is 10.3. The van der Waals surface area contributed by atoms with Crippen molar-refractivity contribution in [2.24, 2.45) is 0 Å². The summed E-state index contributed by atoms with van der Waals surface area (Å²) in [4.78, 5) is 0. The second-order valence-corrected chi connectivity index (χ2v) is 12.8. The summed E-state index contributed by atoms with van der Waals surface area (Å²) in [5.74, 6) is 0.289. The van der Waals surface area contributed by atoms with E-state index in [0.29, 0.717) is 0 Å². The van der Waals surface area contributed by atoms with E-state index in [1.54, 1.807) is 12.1 Å². The van der Waals surface area contributed by atoms with Crippen LogP contribution in [0, 0.1) is 41.5 Å². The Labute approximate surface area is 293 Å². The van der Waals surface area contributed by atoms with E-state index < -0.39 is 0 Å². The average molecular weight is 639 g/mol. The molecule has 1 N–H and O–H groups in total. The van der Waals surface area contributed by atoms with Gasteiger partial charge < -0.3 is 5.11 Å². The zero-order valence-corrected chi connectivity index (χ0v) is 29.5. The first-order chi connectivity index (χ1) is 23.7. The summed E-state index contributed by atoms with van der Waals surface area (Å²) in [6.45, 7) is 12.9. The molecule has 0 aromatic heterocycles. The van der Waals surface area contributed by atoms with E-state index in [2.05, 4.69) is 145 Å². The van der Waals surface area contributed by atoms with Gasteiger partial charge in [-0.2, -0.15) is 0 Å². The molecule has 0 unspecified atom stereocenters. The van der Waals surface area contributed by atoms with Gasteiger partial charge in [0.15, 0.2) is 0 Å². The van der Waals surface area contributed by atoms with Gasteiger partial charge in [-0.05, 0) is 127 Å². The lowest BCUT2D eigenvalue weighted by atomic mass is 9.90. The Morgan fingerprint density at radius 2 is 0.673 bits per heavy atom. The number of phenols is 1. The van der Waals surface area contributed by atoms with Gasteiger partial charge in [0.1, 0.15) is 5.75 Å². The standard InChI is InChI=1S/C34H30O.2C7H8/c1-22-7-5-6-8-31(22)34-21-29(10-9-23(34)2)28-14-18-33(25(4)20-28)32-17-13-27(19-24(32)3)26-11-15-30(35)16-12-26;2*1-7-5-3-2-4-6-7/h5-21,35H,1-4H3;2*2-6H,1H3. The number of rotatable bonds is 4. The molecule has 0 saturated heterocycles. The van der Waals surface area contributed by atoms with Crippen molar-refractivity contribution >= 4 is 0 Å². The summed E-state index contributed by atoms with van der Waals surface area (Å²) >= 11 is 0. The summed E-state index contributed by atoms with van der Waals surface area (Å²) in [5.41, 5.74) is 17.6. The molecule has 0 amide bonds. The third-order valence-corrected chi connectivity index (χ3v) is 8.83. The zero-order chi connectivity index (χ0) is 34.8. The molecule has 0 fully saturated rings. The number of hydrogen-bond donors (Lipinski definition) is 1. The fourth-order valence-corrected chi connectivity index (χ4v) is 5.98. The fourth-order valence-electron chi connectivity index (χ4n) is 5.98. The first-order valence-corrected chi connectivity index (χ1v) is 16.9. The summed E-state index contributed by atoms with van der Waals surface area (Å²) < 4.78 is 0. The second-order valence-electron chi connectivity index (χ2n) is 12.8. The van der Waals surface area contributed by atoms with E-state index in [4.69, 9.17) is 0 Å². The monoisotopic (exact) mass is 638 g/mol. The molecular formula is C48H46O. The first kappa shape index (κ1) is 34.7. The molecule has 0 bridgehead atoms. The van der Waals surface area contributed by atoms with E-state index in [1.165, 1.54) is 66.8 Å². The van der Waals surface area contributed by atoms with Gasteiger partial charge in [-0.25, -0.2) is 0 Å². The molecule has 1 nitrogen and oxygen atoms in total. The van der Waals surface area contributed by atoms with Crippen LogP contribution >= 0.6 is 0 Å². The Kier molecular flexibility index (Phi) is 11.6. The molecule has 0 aliphatic carbocycles. The Hall–Kier alpha value is -5.66. The second kappa shape index (κ2) is 16.4. The van der Waals surface area contributed by atoms with Crippen LogP contribution < -0.4 is 0 Å². The van der Waals surface area contributed by atoms with Gasteiger partial charge in [0.25, 0.3) is 0 Å². The molecule has 0 saturated carbocycles. The van der Waals surface area contributed by atoms with Gasteiger partial charge in [-0.3, -0.25) is 0 Å². The summed E-state index contributed by atoms with van der Waals surface area (Å²) in [7, 11) is 0. The predicted molar refractivity (Wildman–Crippen MR) is 211 cm³/mol. The smallest absolute Gasteiger partial charge is 0.115 e. The zero-order valence-electron chi connectivity index (χ0n) is 29.5. The van der Waals surface area contributed by atoms with Crippen molar-refractivity contribution < 1.29 is 5.11 Å². The van der Waals surface area contributed by atoms with Crippen LogP contribution in [0.3, 0.4) is 0 Å². The Morgan fingerprint density at radius 3 is 1.14 bits per heavy atom. The lowest BCUT2D eigenvalue weighted by Gasteiger charge is -2.15. The van der Waals surface area contributed by atoms with E-state index in [-0.39, 0.29) is 5.75 Å². The van der Waals surface area contributed by atoms with Gasteiger partial charge in [-0.1, -0.05) is 157 Å². The van der Waals surface area contributed by atoms with Crippen molar-refractivity contribution in [3.05, 3.63) is 197 Å². The van der Waals surface area contributed by atoms with Crippen LogP contribution in [-0.4, -0.2) is 5.11 Å². The molecule has 0 radical (unpaired) electrons. The van der Waals surface area contributed by atoms with Crippen LogP contribution in [-0.2, 0) is 0 Å². The van der Waals surface area contributed by atoms with Gasteiger partial charge >= 0.3 is 0 Å². The van der Waals surface area contributed by atoms with Crippen LogP contribution in [0.15, 0.2) is 164 Å². The molecule has 0 spiro atoms. The Bertz CT molecular complexity index is 2070. The molecular weight excluding hydrogens is 593 g/mol. The van der Waals surface area contributed by atoms with Crippen LogP contribution in [0.4, 0.5) is 0 Å². The molecule has 0 aliphatic rings. The number of phenolic OH excluding ortho intramolecular Hbond substituents is 1. The van der Waals surface area contributed by atoms with Crippen molar-refractivity contribution in [2.75, 3.05) is 0 Å². The van der Waals surface area contributed by atoms with E-state index in [0.717, 1.165) is 11.1 Å². The van der Waals surface area contributed by atoms with Crippen molar-refractivity contribution in [3.63, 3.8) is 0 Å². The number of aryl methyl sites for hydroxylation is 6. The molecule has 7 rings (SSSR count). The van der Waals surface area contributed by atoms with Crippen molar-refractivity contribution in [1.82, 2.24) is 0 Å². The third-order valence-electron chi connectivity index (χ3n) is 8.83. The quantitative estimate of drug-likeness (QED) is 0.203. The lowest BCUT2D eigenvalue weighted by molar-refractivity contribution is 0.475. The van der Waals surface area contributed by atoms with E-state index in [1.807, 2.05) is 48.5 Å². The average Bonchev–Trinajstić information content (AvgIpc) is 3.11. The van der Waals surface area contributed by atoms with Gasteiger partial charge in [0.2, 0.25) is 0 Å². The van der Waals surface area contributed by atoms with Gasteiger partial charge in [-0.15, -0.1) is 0 Å². The molecule has 1 heteroatoms. The van der Waals surface area contributed by atoms with Crippen LogP contribution in [0.5, 0.6) is 5.75 Å². The summed E-state index contributed by atoms with van der Waals surface area (Å²) in [6.07, 6.45) is 0. The topological polar surface area (TPSA) is 20.2 Å². The van der Waals surface area contributed by atoms with Crippen LogP contribution in [0.1, 0.15) is 33.4 Å². The molecule has 0 aliphatic heterocycles. The van der Waals surface area contributed by atoms with Crippen molar-refractivity contribution in [2.45, 2.75) is 41.5 Å². The summed E-state index contributed by atoms with van der Waals surface area (Å²) in [5, 5.41) is 9.58. The number of aromatic hydroxyl groups is 1.